The molecule has 4 nitrogen and oxygen atoms in total. The lowest BCUT2D eigenvalue weighted by molar-refractivity contribution is 0.127. The number of nitrogens with one attached hydrogen (secondary N) is 1. The first kappa shape index (κ1) is 15.7. The molecule has 3 unspecified atom stereocenters. The van der Waals surface area contributed by atoms with Gasteiger partial charge in [0, 0.05) is 18.5 Å². The zero-order valence-electron chi connectivity index (χ0n) is 11.3. The van der Waals surface area contributed by atoms with Crippen molar-refractivity contribution in [1.29, 1.82) is 0 Å². The number of ether oxygens (including phenoxy) is 1. The first-order chi connectivity index (χ1) is 9.11. The standard InChI is InChI=1S/C13H24BrNO3S/c14-8-11-4-1-2-5-12(11)9-15-19(16,17)10-13-6-3-7-18-13/h11-13,15H,1-10H2. The van der Waals surface area contributed by atoms with Crippen LogP contribution in [0.1, 0.15) is 38.5 Å². The largest absolute Gasteiger partial charge is 0.377 e. The van der Waals surface area contributed by atoms with Gasteiger partial charge in [-0.05, 0) is 37.5 Å². The van der Waals surface area contributed by atoms with Crippen LogP contribution in [0.5, 0.6) is 0 Å². The molecule has 2 rings (SSSR count). The average molecular weight is 354 g/mol. The lowest BCUT2D eigenvalue weighted by Crippen LogP contribution is -2.38. The second kappa shape index (κ2) is 7.38. The molecule has 0 aromatic rings. The van der Waals surface area contributed by atoms with Crippen LogP contribution in [0.2, 0.25) is 0 Å². The number of hydrogen-bond acceptors (Lipinski definition) is 3. The van der Waals surface area contributed by atoms with Gasteiger partial charge in [-0.25, -0.2) is 13.1 Å². The third-order valence-corrected chi connectivity index (χ3v) is 6.51. The molecule has 2 aliphatic rings. The average Bonchev–Trinajstić information content (AvgIpc) is 2.89. The van der Waals surface area contributed by atoms with E-state index in [1.54, 1.807) is 0 Å². The van der Waals surface area contributed by atoms with Gasteiger partial charge in [0.1, 0.15) is 0 Å². The molecule has 1 saturated heterocycles. The lowest BCUT2D eigenvalue weighted by Gasteiger charge is -2.30. The van der Waals surface area contributed by atoms with E-state index in [2.05, 4.69) is 20.7 Å². The second-order valence-electron chi connectivity index (χ2n) is 5.72. The summed E-state index contributed by atoms with van der Waals surface area (Å²) in [4.78, 5) is 0. The fourth-order valence-corrected chi connectivity index (χ4v) is 5.26. The highest BCUT2D eigenvalue weighted by Crippen LogP contribution is 2.30. The monoisotopic (exact) mass is 353 g/mol. The van der Waals surface area contributed by atoms with Crippen LogP contribution in [0, 0.1) is 11.8 Å². The van der Waals surface area contributed by atoms with E-state index in [0.717, 1.165) is 24.6 Å². The van der Waals surface area contributed by atoms with E-state index < -0.39 is 10.0 Å². The lowest BCUT2D eigenvalue weighted by atomic mass is 9.80. The maximum Gasteiger partial charge on any atom is 0.214 e. The zero-order valence-corrected chi connectivity index (χ0v) is 13.7. The molecule has 6 heteroatoms. The molecule has 1 aliphatic carbocycles. The van der Waals surface area contributed by atoms with E-state index in [0.29, 0.717) is 25.0 Å². The topological polar surface area (TPSA) is 55.4 Å². The van der Waals surface area contributed by atoms with E-state index in [1.165, 1.54) is 19.3 Å². The fourth-order valence-electron chi connectivity index (χ4n) is 3.07. The minimum atomic E-state index is -3.19. The molecule has 112 valence electrons. The summed E-state index contributed by atoms with van der Waals surface area (Å²) in [5.41, 5.74) is 0. The summed E-state index contributed by atoms with van der Waals surface area (Å²) in [7, 11) is -3.19. The van der Waals surface area contributed by atoms with Crippen LogP contribution in [0.25, 0.3) is 0 Å². The Kier molecular flexibility index (Phi) is 6.11. The minimum Gasteiger partial charge on any atom is -0.377 e. The summed E-state index contributed by atoms with van der Waals surface area (Å²) in [6.07, 6.45) is 6.60. The molecule has 0 aromatic carbocycles. The predicted octanol–water partition coefficient (Wildman–Crippen LogP) is 2.29. The molecule has 0 aromatic heterocycles. The third kappa shape index (κ3) is 4.99. The highest BCUT2D eigenvalue weighted by atomic mass is 79.9. The molecule has 1 saturated carbocycles. The van der Waals surface area contributed by atoms with Gasteiger partial charge >= 0.3 is 0 Å². The molecule has 19 heavy (non-hydrogen) atoms. The fraction of sp³-hybridized carbons (Fsp3) is 1.00. The van der Waals surface area contributed by atoms with Crippen molar-refractivity contribution in [2.75, 3.05) is 24.2 Å². The Labute approximate surface area is 124 Å². The van der Waals surface area contributed by atoms with Gasteiger partial charge in [-0.15, -0.1) is 0 Å². The van der Waals surface area contributed by atoms with Crippen LogP contribution in [0.15, 0.2) is 0 Å². The smallest absolute Gasteiger partial charge is 0.214 e. The maximum absolute atomic E-state index is 12.0. The van der Waals surface area contributed by atoms with Crippen molar-refractivity contribution in [3.63, 3.8) is 0 Å². The summed E-state index contributed by atoms with van der Waals surface area (Å²) in [6, 6.07) is 0. The van der Waals surface area contributed by atoms with Gasteiger partial charge in [-0.3, -0.25) is 0 Å². The Bertz CT molecular complexity index is 368. The molecule has 1 aliphatic heterocycles. The Morgan fingerprint density at radius 1 is 1.11 bits per heavy atom. The van der Waals surface area contributed by atoms with Gasteiger partial charge in [0.15, 0.2) is 0 Å². The molecule has 0 amide bonds. The zero-order chi connectivity index (χ0) is 13.7. The second-order valence-corrected chi connectivity index (χ2v) is 8.22. The summed E-state index contributed by atoms with van der Waals surface area (Å²) in [5.74, 6) is 1.21. The maximum atomic E-state index is 12.0. The Hall–Kier alpha value is 0.350. The minimum absolute atomic E-state index is 0.101. The molecule has 1 heterocycles. The number of halogens is 1. The third-order valence-electron chi connectivity index (χ3n) is 4.26. The van der Waals surface area contributed by atoms with Gasteiger partial charge < -0.3 is 4.74 Å². The normalized spacial score (nSPS) is 32.6. The van der Waals surface area contributed by atoms with Crippen LogP contribution < -0.4 is 4.72 Å². The molecule has 1 N–H and O–H groups in total. The molecule has 3 atom stereocenters. The number of sulfonamides is 1. The molecular weight excluding hydrogens is 330 g/mol. The van der Waals surface area contributed by atoms with E-state index in [9.17, 15) is 8.42 Å². The van der Waals surface area contributed by atoms with Crippen LogP contribution in [-0.4, -0.2) is 38.8 Å². The van der Waals surface area contributed by atoms with Crippen LogP contribution in [-0.2, 0) is 14.8 Å². The number of hydrogen-bond donors (Lipinski definition) is 1. The molecular formula is C13H24BrNO3S. The highest BCUT2D eigenvalue weighted by Gasteiger charge is 2.27. The van der Waals surface area contributed by atoms with Crippen molar-refractivity contribution in [2.24, 2.45) is 11.8 Å². The summed E-state index contributed by atoms with van der Waals surface area (Å²) in [6.45, 7) is 1.29. The Balaban J connectivity index is 1.79. The van der Waals surface area contributed by atoms with Crippen molar-refractivity contribution in [3.05, 3.63) is 0 Å². The molecule has 0 bridgehead atoms. The van der Waals surface area contributed by atoms with Crippen LogP contribution in [0.3, 0.4) is 0 Å². The number of rotatable bonds is 6. The first-order valence-corrected chi connectivity index (χ1v) is 10.0. The van der Waals surface area contributed by atoms with Crippen LogP contribution in [0.4, 0.5) is 0 Å². The Morgan fingerprint density at radius 3 is 2.47 bits per heavy atom. The molecule has 0 spiro atoms. The molecule has 2 fully saturated rings. The van der Waals surface area contributed by atoms with E-state index in [-0.39, 0.29) is 11.9 Å². The van der Waals surface area contributed by atoms with Crippen LogP contribution >= 0.6 is 15.9 Å². The number of alkyl halides is 1. The van der Waals surface area contributed by atoms with Gasteiger partial charge in [-0.1, -0.05) is 28.8 Å². The van der Waals surface area contributed by atoms with Gasteiger partial charge in [0.25, 0.3) is 0 Å². The van der Waals surface area contributed by atoms with Gasteiger partial charge in [-0.2, -0.15) is 0 Å². The van der Waals surface area contributed by atoms with E-state index in [4.69, 9.17) is 4.74 Å². The summed E-state index contributed by atoms with van der Waals surface area (Å²) < 4.78 is 32.2. The first-order valence-electron chi connectivity index (χ1n) is 7.25. The van der Waals surface area contributed by atoms with E-state index in [1.807, 2.05) is 0 Å². The van der Waals surface area contributed by atoms with Crippen molar-refractivity contribution in [1.82, 2.24) is 4.72 Å². The SMILES string of the molecule is O=S(=O)(CC1CCCO1)NCC1CCCCC1CBr. The summed E-state index contributed by atoms with van der Waals surface area (Å²) >= 11 is 3.55. The quantitative estimate of drug-likeness (QED) is 0.745. The van der Waals surface area contributed by atoms with Crippen molar-refractivity contribution in [3.8, 4) is 0 Å². The predicted molar refractivity (Wildman–Crippen MR) is 80.0 cm³/mol. The highest BCUT2D eigenvalue weighted by molar-refractivity contribution is 9.09. The van der Waals surface area contributed by atoms with E-state index >= 15 is 0 Å². The molecule has 0 radical (unpaired) electrons. The van der Waals surface area contributed by atoms with Crippen molar-refractivity contribution < 1.29 is 13.2 Å². The van der Waals surface area contributed by atoms with Crippen molar-refractivity contribution in [2.45, 2.75) is 44.6 Å². The van der Waals surface area contributed by atoms with Crippen molar-refractivity contribution >= 4 is 26.0 Å². The summed E-state index contributed by atoms with van der Waals surface area (Å²) in [5, 5.41) is 0.977. The van der Waals surface area contributed by atoms with Gasteiger partial charge in [0.2, 0.25) is 10.0 Å². The Morgan fingerprint density at radius 2 is 1.84 bits per heavy atom. The van der Waals surface area contributed by atoms with Gasteiger partial charge in [0.05, 0.1) is 11.9 Å².